The summed E-state index contributed by atoms with van der Waals surface area (Å²) in [5.74, 6) is -0.908. The number of hydrogen-bond acceptors (Lipinski definition) is 7. The summed E-state index contributed by atoms with van der Waals surface area (Å²) in [6.45, 7) is 2.07. The number of pyridine rings is 1. The van der Waals surface area contributed by atoms with Crippen molar-refractivity contribution in [1.29, 1.82) is 0 Å². The van der Waals surface area contributed by atoms with E-state index in [4.69, 9.17) is 9.47 Å². The van der Waals surface area contributed by atoms with Crippen molar-refractivity contribution in [2.75, 3.05) is 25.8 Å². The number of benzene rings is 1. The van der Waals surface area contributed by atoms with Crippen molar-refractivity contribution in [3.8, 4) is 22.8 Å². The molecule has 0 saturated heterocycles. The van der Waals surface area contributed by atoms with Gasteiger partial charge in [-0.3, -0.25) is 0 Å². The van der Waals surface area contributed by atoms with E-state index >= 15 is 8.78 Å². The Balaban J connectivity index is 1.94. The number of hydrogen-bond donors (Lipinski definition) is 1. The summed E-state index contributed by atoms with van der Waals surface area (Å²) in [4.78, 5) is 13.4. The minimum atomic E-state index is -0.842. The lowest BCUT2D eigenvalue weighted by atomic mass is 10.1. The second kappa shape index (κ2) is 8.22. The predicted molar refractivity (Wildman–Crippen MR) is 113 cm³/mol. The smallest absolute Gasteiger partial charge is 0.187 e. The van der Waals surface area contributed by atoms with Crippen LogP contribution in [0.25, 0.3) is 22.2 Å². The van der Waals surface area contributed by atoms with Gasteiger partial charge in [-0.05, 0) is 38.0 Å². The van der Waals surface area contributed by atoms with Crippen LogP contribution in [0.15, 0.2) is 23.5 Å². The van der Waals surface area contributed by atoms with Crippen molar-refractivity contribution in [3.63, 3.8) is 0 Å². The van der Waals surface area contributed by atoms with Crippen molar-refractivity contribution in [3.05, 3.63) is 30.0 Å². The van der Waals surface area contributed by atoms with Gasteiger partial charge >= 0.3 is 0 Å². The molecule has 0 amide bonds. The minimum Gasteiger partial charge on any atom is -0.494 e. The third-order valence-electron chi connectivity index (χ3n) is 5.25. The molecule has 9 heteroatoms. The van der Waals surface area contributed by atoms with Crippen molar-refractivity contribution >= 4 is 28.5 Å². The summed E-state index contributed by atoms with van der Waals surface area (Å²) in [6.07, 6.45) is 5.82. The van der Waals surface area contributed by atoms with E-state index in [1.165, 1.54) is 32.0 Å². The van der Waals surface area contributed by atoms with Crippen molar-refractivity contribution in [2.24, 2.45) is 5.92 Å². The van der Waals surface area contributed by atoms with Crippen LogP contribution in [0.5, 0.6) is 11.5 Å². The molecule has 0 spiro atoms. The monoisotopic (exact) mass is 432 g/mol. The predicted octanol–water partition coefficient (Wildman–Crippen LogP) is 4.92. The van der Waals surface area contributed by atoms with Gasteiger partial charge in [-0.25, -0.2) is 23.7 Å². The summed E-state index contributed by atoms with van der Waals surface area (Å²) in [6, 6.07) is 2.92. The number of nitrogens with one attached hydrogen (secondary N) is 1. The molecular weight excluding hydrogens is 410 g/mol. The molecule has 0 radical (unpaired) electrons. The van der Waals surface area contributed by atoms with Crippen LogP contribution in [0.2, 0.25) is 0 Å². The lowest BCUT2D eigenvalue weighted by Crippen LogP contribution is -2.19. The van der Waals surface area contributed by atoms with Gasteiger partial charge in [0.2, 0.25) is 0 Å². The van der Waals surface area contributed by atoms with Gasteiger partial charge in [0.25, 0.3) is 0 Å². The first-order chi connectivity index (χ1) is 14.5. The van der Waals surface area contributed by atoms with Crippen molar-refractivity contribution < 1.29 is 18.3 Å². The first-order valence-corrected chi connectivity index (χ1v) is 10.8. The van der Waals surface area contributed by atoms with Crippen LogP contribution in [0.3, 0.4) is 0 Å². The lowest BCUT2D eigenvalue weighted by Gasteiger charge is -2.17. The summed E-state index contributed by atoms with van der Waals surface area (Å²) >= 11 is 1.41. The zero-order chi connectivity index (χ0) is 21.4. The number of nitrogens with zero attached hydrogens (tertiary/aromatic N) is 3. The molecule has 2 heterocycles. The van der Waals surface area contributed by atoms with Gasteiger partial charge < -0.3 is 14.8 Å². The molecule has 4 rings (SSSR count). The second-order valence-electron chi connectivity index (χ2n) is 7.21. The zero-order valence-corrected chi connectivity index (χ0v) is 17.9. The maximum atomic E-state index is 15.1. The molecule has 1 aromatic carbocycles. The highest BCUT2D eigenvalue weighted by Gasteiger charge is 2.29. The SMILES string of the molecule is COc1cc(OC)c(F)c(-c2cc3cnc(SC)nc3c(N[C@@H](C)C3CC3)n2)c1F. The Morgan fingerprint density at radius 2 is 1.77 bits per heavy atom. The number of ether oxygens (including phenoxy) is 2. The molecule has 1 N–H and O–H groups in total. The number of methoxy groups -OCH3 is 2. The standard InChI is InChI=1S/C21H22F2N4O2S/c1-10(11-5-6-11)25-20-19-12(9-24-21(27-19)30-4)7-13(26-20)16-17(22)14(28-2)8-15(29-3)18(16)23/h7-11H,5-6H2,1-4H3,(H,25,26)/t10-/m0/s1. The minimum absolute atomic E-state index is 0.112. The normalized spacial score (nSPS) is 14.6. The van der Waals surface area contributed by atoms with E-state index in [0.717, 1.165) is 12.8 Å². The topological polar surface area (TPSA) is 69.2 Å². The molecule has 0 bridgehead atoms. The van der Waals surface area contributed by atoms with Gasteiger partial charge in [-0.1, -0.05) is 11.8 Å². The number of aromatic nitrogens is 3. The van der Waals surface area contributed by atoms with E-state index in [-0.39, 0.29) is 28.8 Å². The molecule has 30 heavy (non-hydrogen) atoms. The van der Waals surface area contributed by atoms with E-state index in [1.807, 2.05) is 6.26 Å². The van der Waals surface area contributed by atoms with Crippen LogP contribution in [0, 0.1) is 17.6 Å². The van der Waals surface area contributed by atoms with Gasteiger partial charge in [0.15, 0.2) is 34.1 Å². The van der Waals surface area contributed by atoms with Crippen LogP contribution >= 0.6 is 11.8 Å². The summed E-state index contributed by atoms with van der Waals surface area (Å²) in [5, 5.41) is 4.61. The van der Waals surface area contributed by atoms with E-state index in [0.29, 0.717) is 27.8 Å². The van der Waals surface area contributed by atoms with Crippen LogP contribution in [-0.4, -0.2) is 41.5 Å². The average Bonchev–Trinajstić information content (AvgIpc) is 3.59. The third kappa shape index (κ3) is 3.74. The van der Waals surface area contributed by atoms with Crippen LogP contribution in [0.4, 0.5) is 14.6 Å². The number of anilines is 1. The fourth-order valence-corrected chi connectivity index (χ4v) is 3.73. The lowest BCUT2D eigenvalue weighted by molar-refractivity contribution is 0.359. The van der Waals surface area contributed by atoms with E-state index in [2.05, 4.69) is 27.2 Å². The van der Waals surface area contributed by atoms with Crippen LogP contribution in [-0.2, 0) is 0 Å². The average molecular weight is 432 g/mol. The molecule has 3 aromatic rings. The fraction of sp³-hybridized carbons (Fsp3) is 0.381. The Hall–Kier alpha value is -2.68. The summed E-state index contributed by atoms with van der Waals surface area (Å²) in [5.41, 5.74) is 0.408. The first-order valence-electron chi connectivity index (χ1n) is 9.55. The zero-order valence-electron chi connectivity index (χ0n) is 17.1. The molecule has 6 nitrogen and oxygen atoms in total. The van der Waals surface area contributed by atoms with E-state index in [9.17, 15) is 0 Å². The Morgan fingerprint density at radius 1 is 1.10 bits per heavy atom. The molecule has 1 aliphatic rings. The Kier molecular flexibility index (Phi) is 5.64. The van der Waals surface area contributed by atoms with Gasteiger partial charge in [0, 0.05) is 23.7 Å². The molecule has 1 saturated carbocycles. The Bertz CT molecular complexity index is 1080. The fourth-order valence-electron chi connectivity index (χ4n) is 3.39. The number of halogens is 2. The highest BCUT2D eigenvalue weighted by atomic mass is 32.2. The largest absolute Gasteiger partial charge is 0.494 e. The maximum Gasteiger partial charge on any atom is 0.187 e. The molecule has 0 unspecified atom stereocenters. The Labute approximate surface area is 177 Å². The highest BCUT2D eigenvalue weighted by molar-refractivity contribution is 7.98. The van der Waals surface area contributed by atoms with Crippen molar-refractivity contribution in [1.82, 2.24) is 15.0 Å². The van der Waals surface area contributed by atoms with E-state index in [1.54, 1.807) is 12.3 Å². The molecule has 0 aliphatic heterocycles. The first kappa shape index (κ1) is 20.6. The summed E-state index contributed by atoms with van der Waals surface area (Å²) in [7, 11) is 2.63. The molecule has 1 fully saturated rings. The Morgan fingerprint density at radius 3 is 2.33 bits per heavy atom. The molecule has 2 aromatic heterocycles. The highest BCUT2D eigenvalue weighted by Crippen LogP contribution is 2.39. The number of fused-ring (bicyclic) bond motifs is 1. The molecule has 1 atom stereocenters. The van der Waals surface area contributed by atoms with Gasteiger partial charge in [0.1, 0.15) is 5.52 Å². The van der Waals surface area contributed by atoms with Crippen LogP contribution in [0.1, 0.15) is 19.8 Å². The van der Waals surface area contributed by atoms with Gasteiger partial charge in [-0.15, -0.1) is 0 Å². The number of thioether (sulfide) groups is 1. The maximum absolute atomic E-state index is 15.1. The second-order valence-corrected chi connectivity index (χ2v) is 7.98. The molecular formula is C21H22F2N4O2S. The van der Waals surface area contributed by atoms with Crippen molar-refractivity contribution in [2.45, 2.75) is 31.0 Å². The van der Waals surface area contributed by atoms with E-state index < -0.39 is 11.6 Å². The quantitative estimate of drug-likeness (QED) is 0.420. The summed E-state index contributed by atoms with van der Waals surface area (Å²) < 4.78 is 40.3. The third-order valence-corrected chi connectivity index (χ3v) is 5.81. The van der Waals surface area contributed by atoms with Gasteiger partial charge in [-0.2, -0.15) is 0 Å². The molecule has 1 aliphatic carbocycles. The number of rotatable bonds is 7. The van der Waals surface area contributed by atoms with Crippen LogP contribution < -0.4 is 14.8 Å². The molecule has 158 valence electrons. The van der Waals surface area contributed by atoms with Gasteiger partial charge in [0.05, 0.1) is 25.5 Å².